The predicted molar refractivity (Wildman–Crippen MR) is 276 cm³/mol. The first kappa shape index (κ1) is 64.8. The zero-order valence-corrected chi connectivity index (χ0v) is 44.0. The van der Waals surface area contributed by atoms with Crippen LogP contribution < -0.4 is 0 Å². The van der Waals surface area contributed by atoms with Gasteiger partial charge in [0.2, 0.25) is 0 Å². The van der Waals surface area contributed by atoms with Gasteiger partial charge < -0.3 is 39.9 Å². The molecule has 1 saturated carbocycles. The molecule has 14 heteroatoms. The molecule has 0 bridgehead atoms. The first-order valence-electron chi connectivity index (χ1n) is 27.4. The van der Waals surface area contributed by atoms with E-state index in [1.165, 1.54) is 122 Å². The van der Waals surface area contributed by atoms with E-state index in [9.17, 15) is 44.6 Å². The summed E-state index contributed by atoms with van der Waals surface area (Å²) in [4.78, 5) is 35.9. The Balaban J connectivity index is 2.35. The van der Waals surface area contributed by atoms with Crippen LogP contribution in [0.1, 0.15) is 232 Å². The van der Waals surface area contributed by atoms with Gasteiger partial charge in [-0.3, -0.25) is 18.6 Å². The number of hydrogen-bond donors (Lipinski definition) is 6. The van der Waals surface area contributed by atoms with E-state index in [2.05, 4.69) is 62.5 Å². The Morgan fingerprint density at radius 1 is 0.464 bits per heavy atom. The third-order valence-corrected chi connectivity index (χ3v) is 13.7. The van der Waals surface area contributed by atoms with Crippen molar-refractivity contribution in [3.05, 3.63) is 48.6 Å². The molecule has 6 unspecified atom stereocenters. The number of carbonyl (C=O) groups excluding carboxylic acids is 2. The van der Waals surface area contributed by atoms with Crippen LogP contribution in [0.4, 0.5) is 0 Å². The lowest BCUT2D eigenvalue weighted by Crippen LogP contribution is -2.64. The number of esters is 2. The van der Waals surface area contributed by atoms with E-state index in [1.807, 2.05) is 0 Å². The number of carbonyl (C=O) groups is 2. The Labute approximate surface area is 418 Å². The van der Waals surface area contributed by atoms with Gasteiger partial charge in [-0.2, -0.15) is 0 Å². The standard InChI is InChI=1S/C55H99O13P/c1-3-5-7-9-11-13-15-17-19-21-22-23-24-25-26-28-29-31-33-35-37-39-41-43-48(56)65-45-47(46-66-69(63,64)68-55-53(61)51(59)50(58)52(60)54(55)62)67-49(57)44-42-40-38-36-34-32-30-27-20-18-16-14-12-10-8-6-4-2/h6,8,12,14,18,20,30,32,47,50-55,58-62H,3-5,7,9-11,13,15-17,19,21-29,31,33-46H2,1-2H3,(H,63,64)/b8-6-,14-12-,20-18-,32-30-. The van der Waals surface area contributed by atoms with Crippen LogP contribution in [0.2, 0.25) is 0 Å². The van der Waals surface area contributed by atoms with Crippen molar-refractivity contribution in [2.45, 2.75) is 275 Å². The topological polar surface area (TPSA) is 210 Å². The summed E-state index contributed by atoms with van der Waals surface area (Å²) in [6, 6.07) is 0. The summed E-state index contributed by atoms with van der Waals surface area (Å²) < 4.78 is 33.7. The largest absolute Gasteiger partial charge is 0.472 e. The van der Waals surface area contributed by atoms with Gasteiger partial charge in [-0.15, -0.1) is 0 Å². The van der Waals surface area contributed by atoms with Crippen molar-refractivity contribution in [2.24, 2.45) is 0 Å². The van der Waals surface area contributed by atoms with Crippen LogP contribution in [0.15, 0.2) is 48.6 Å². The Morgan fingerprint density at radius 3 is 1.26 bits per heavy atom. The number of allylic oxidation sites excluding steroid dienone is 8. The van der Waals surface area contributed by atoms with E-state index in [0.717, 1.165) is 70.6 Å². The second-order valence-corrected chi connectivity index (χ2v) is 20.5. The summed E-state index contributed by atoms with van der Waals surface area (Å²) in [7, 11) is -5.13. The number of phosphoric ester groups is 1. The maximum atomic E-state index is 12.9. The number of hydrogen-bond acceptors (Lipinski definition) is 12. The first-order valence-corrected chi connectivity index (χ1v) is 28.9. The van der Waals surface area contributed by atoms with Crippen molar-refractivity contribution in [2.75, 3.05) is 13.2 Å². The van der Waals surface area contributed by atoms with Crippen LogP contribution in [-0.2, 0) is 32.7 Å². The molecule has 0 aromatic carbocycles. The number of phosphoric acid groups is 1. The van der Waals surface area contributed by atoms with Crippen LogP contribution >= 0.6 is 7.82 Å². The van der Waals surface area contributed by atoms with Crippen LogP contribution in [0.3, 0.4) is 0 Å². The average Bonchev–Trinajstić information content (AvgIpc) is 3.33. The summed E-state index contributed by atoms with van der Waals surface area (Å²) in [5.41, 5.74) is 0. The molecule has 0 amide bonds. The summed E-state index contributed by atoms with van der Waals surface area (Å²) in [6.45, 7) is 3.21. The summed E-state index contributed by atoms with van der Waals surface area (Å²) in [6.07, 6.45) is 41.6. The lowest BCUT2D eigenvalue weighted by molar-refractivity contribution is -0.220. The Morgan fingerprint density at radius 2 is 0.826 bits per heavy atom. The fraction of sp³-hybridized carbons (Fsp3) is 0.818. The Hall–Kier alpha value is -2.19. The van der Waals surface area contributed by atoms with Gasteiger partial charge in [0.25, 0.3) is 0 Å². The second-order valence-electron chi connectivity index (χ2n) is 19.1. The highest BCUT2D eigenvalue weighted by Gasteiger charge is 2.51. The molecule has 1 aliphatic rings. The second kappa shape index (κ2) is 44.5. The molecule has 6 atom stereocenters. The molecule has 0 aliphatic heterocycles. The van der Waals surface area contributed by atoms with E-state index >= 15 is 0 Å². The van der Waals surface area contributed by atoms with Crippen LogP contribution in [0, 0.1) is 0 Å². The highest BCUT2D eigenvalue weighted by Crippen LogP contribution is 2.47. The summed E-state index contributed by atoms with van der Waals surface area (Å²) in [5.74, 6) is -1.12. The number of unbranched alkanes of at least 4 members (excludes halogenated alkanes) is 26. The van der Waals surface area contributed by atoms with E-state index in [-0.39, 0.29) is 12.8 Å². The minimum atomic E-state index is -5.13. The van der Waals surface area contributed by atoms with Crippen molar-refractivity contribution < 1.29 is 63.1 Å². The van der Waals surface area contributed by atoms with Gasteiger partial charge >= 0.3 is 19.8 Å². The molecule has 1 fully saturated rings. The molecule has 0 heterocycles. The summed E-state index contributed by atoms with van der Waals surface area (Å²) in [5, 5.41) is 50.3. The number of aliphatic hydroxyl groups is 5. The highest BCUT2D eigenvalue weighted by molar-refractivity contribution is 7.47. The quantitative estimate of drug-likeness (QED) is 0.0145. The van der Waals surface area contributed by atoms with Crippen molar-refractivity contribution in [3.8, 4) is 0 Å². The van der Waals surface area contributed by atoms with Crippen molar-refractivity contribution in [1.82, 2.24) is 0 Å². The van der Waals surface area contributed by atoms with Gasteiger partial charge in [-0.25, -0.2) is 4.57 Å². The minimum absolute atomic E-state index is 0.0692. The minimum Gasteiger partial charge on any atom is -0.462 e. The maximum Gasteiger partial charge on any atom is 0.472 e. The molecule has 402 valence electrons. The highest BCUT2D eigenvalue weighted by atomic mass is 31.2. The van der Waals surface area contributed by atoms with E-state index in [4.69, 9.17) is 18.5 Å². The number of rotatable bonds is 46. The fourth-order valence-corrected chi connectivity index (χ4v) is 9.31. The molecule has 13 nitrogen and oxygen atoms in total. The average molecular weight is 999 g/mol. The number of ether oxygens (including phenoxy) is 2. The van der Waals surface area contributed by atoms with Gasteiger partial charge in [0.15, 0.2) is 6.10 Å². The normalized spacial score (nSPS) is 21.2. The lowest BCUT2D eigenvalue weighted by Gasteiger charge is -2.41. The molecule has 0 spiro atoms. The third kappa shape index (κ3) is 36.4. The fourth-order valence-electron chi connectivity index (χ4n) is 8.34. The van der Waals surface area contributed by atoms with E-state index in [0.29, 0.717) is 12.8 Å². The lowest BCUT2D eigenvalue weighted by atomic mass is 9.85. The smallest absolute Gasteiger partial charge is 0.462 e. The van der Waals surface area contributed by atoms with Crippen molar-refractivity contribution in [1.29, 1.82) is 0 Å². The molecule has 6 N–H and O–H groups in total. The van der Waals surface area contributed by atoms with E-state index < -0.39 is 75.7 Å². The zero-order chi connectivity index (χ0) is 50.6. The van der Waals surface area contributed by atoms with Crippen molar-refractivity contribution >= 4 is 19.8 Å². The first-order chi connectivity index (χ1) is 33.4. The van der Waals surface area contributed by atoms with Crippen LogP contribution in [0.5, 0.6) is 0 Å². The zero-order valence-electron chi connectivity index (χ0n) is 43.1. The third-order valence-electron chi connectivity index (χ3n) is 12.7. The van der Waals surface area contributed by atoms with E-state index in [1.54, 1.807) is 0 Å². The Bertz CT molecular complexity index is 1390. The predicted octanol–water partition coefficient (Wildman–Crippen LogP) is 12.3. The molecule has 1 aliphatic carbocycles. The van der Waals surface area contributed by atoms with Gasteiger partial charge in [-0.1, -0.05) is 217 Å². The molecule has 0 aromatic rings. The van der Waals surface area contributed by atoms with Gasteiger partial charge in [-0.05, 0) is 51.4 Å². The molecule has 69 heavy (non-hydrogen) atoms. The van der Waals surface area contributed by atoms with Crippen LogP contribution in [0.25, 0.3) is 0 Å². The molecular weight excluding hydrogens is 900 g/mol. The maximum absolute atomic E-state index is 12.9. The van der Waals surface area contributed by atoms with Crippen molar-refractivity contribution in [3.63, 3.8) is 0 Å². The monoisotopic (exact) mass is 999 g/mol. The Kier molecular flexibility index (Phi) is 41.8. The molecule has 0 saturated heterocycles. The van der Waals surface area contributed by atoms with Gasteiger partial charge in [0, 0.05) is 12.8 Å². The molecule has 0 aromatic heterocycles. The number of aliphatic hydroxyl groups excluding tert-OH is 5. The molecule has 1 rings (SSSR count). The molecule has 0 radical (unpaired) electrons. The van der Waals surface area contributed by atoms with Crippen LogP contribution in [-0.4, -0.2) is 98.3 Å². The SMILES string of the molecule is CC/C=C\C/C=C\C/C=C\C/C=C\CCCCCCC(=O)OC(COC(=O)CCCCCCCCCCCCCCCCCCCCCCCCC)COP(=O)(O)OC1C(O)C(O)C(O)C(O)C1O. The molecular formula is C55H99O13P. The summed E-state index contributed by atoms with van der Waals surface area (Å²) >= 11 is 0. The van der Waals surface area contributed by atoms with Gasteiger partial charge in [0.1, 0.15) is 43.2 Å². The van der Waals surface area contributed by atoms with Gasteiger partial charge in [0.05, 0.1) is 6.61 Å².